The first-order valence-corrected chi connectivity index (χ1v) is 6.58. The van der Waals surface area contributed by atoms with Crippen molar-refractivity contribution in [3.63, 3.8) is 0 Å². The van der Waals surface area contributed by atoms with E-state index in [1.165, 1.54) is 0 Å². The van der Waals surface area contributed by atoms with Gasteiger partial charge in [0, 0.05) is 11.6 Å². The first-order chi connectivity index (χ1) is 10.2. The fourth-order valence-electron chi connectivity index (χ4n) is 2.01. The molecule has 0 fully saturated rings. The molecular formula is C17H17NO3. The van der Waals surface area contributed by atoms with E-state index in [-0.39, 0.29) is 6.61 Å². The van der Waals surface area contributed by atoms with E-state index in [4.69, 9.17) is 14.7 Å². The van der Waals surface area contributed by atoms with Crippen LogP contribution >= 0.6 is 0 Å². The zero-order chi connectivity index (χ0) is 15.2. The SMILES string of the molecule is COc1ccc(CO)c(OCc2ccc(C#N)cc2C)c1. The van der Waals surface area contributed by atoms with Crippen LogP contribution in [0.1, 0.15) is 22.3 Å². The maximum atomic E-state index is 9.35. The number of ether oxygens (including phenoxy) is 2. The van der Waals surface area contributed by atoms with Gasteiger partial charge in [-0.2, -0.15) is 5.26 Å². The smallest absolute Gasteiger partial charge is 0.129 e. The molecule has 21 heavy (non-hydrogen) atoms. The molecule has 0 heterocycles. The second-order valence-electron chi connectivity index (χ2n) is 4.67. The number of benzene rings is 2. The molecule has 0 amide bonds. The van der Waals surface area contributed by atoms with Crippen LogP contribution in [0.3, 0.4) is 0 Å². The number of rotatable bonds is 5. The zero-order valence-corrected chi connectivity index (χ0v) is 12.1. The van der Waals surface area contributed by atoms with Crippen LogP contribution in [0.4, 0.5) is 0 Å². The lowest BCUT2D eigenvalue weighted by molar-refractivity contribution is 0.257. The van der Waals surface area contributed by atoms with Gasteiger partial charge in [-0.15, -0.1) is 0 Å². The number of aliphatic hydroxyl groups excluding tert-OH is 1. The number of aliphatic hydroxyl groups is 1. The predicted octanol–water partition coefficient (Wildman–Crippen LogP) is 2.95. The molecule has 4 heteroatoms. The molecule has 2 aromatic rings. The number of hydrogen-bond donors (Lipinski definition) is 1. The summed E-state index contributed by atoms with van der Waals surface area (Å²) in [5.41, 5.74) is 3.35. The fraction of sp³-hybridized carbons (Fsp3) is 0.235. The minimum atomic E-state index is -0.0916. The third kappa shape index (κ3) is 3.53. The van der Waals surface area contributed by atoms with Crippen molar-refractivity contribution in [2.75, 3.05) is 7.11 Å². The molecule has 0 radical (unpaired) electrons. The van der Waals surface area contributed by atoms with Gasteiger partial charge in [0.05, 0.1) is 25.3 Å². The largest absolute Gasteiger partial charge is 0.497 e. The van der Waals surface area contributed by atoms with E-state index in [0.29, 0.717) is 29.2 Å². The first-order valence-electron chi connectivity index (χ1n) is 6.58. The molecule has 0 saturated carbocycles. The summed E-state index contributed by atoms with van der Waals surface area (Å²) in [5.74, 6) is 1.28. The molecule has 1 N–H and O–H groups in total. The van der Waals surface area contributed by atoms with E-state index in [1.54, 1.807) is 31.4 Å². The maximum absolute atomic E-state index is 9.35. The summed E-state index contributed by atoms with van der Waals surface area (Å²) >= 11 is 0. The van der Waals surface area contributed by atoms with Crippen molar-refractivity contribution in [3.8, 4) is 17.6 Å². The Labute approximate surface area is 124 Å². The lowest BCUT2D eigenvalue weighted by Gasteiger charge is -2.13. The number of hydrogen-bond acceptors (Lipinski definition) is 4. The Morgan fingerprint density at radius 2 is 1.90 bits per heavy atom. The van der Waals surface area contributed by atoms with Crippen LogP contribution in [0.25, 0.3) is 0 Å². The van der Waals surface area contributed by atoms with Crippen molar-refractivity contribution >= 4 is 0 Å². The van der Waals surface area contributed by atoms with Gasteiger partial charge in [-0.25, -0.2) is 0 Å². The third-order valence-electron chi connectivity index (χ3n) is 3.30. The quantitative estimate of drug-likeness (QED) is 0.916. The number of nitrogens with zero attached hydrogens (tertiary/aromatic N) is 1. The third-order valence-corrected chi connectivity index (χ3v) is 3.30. The fourth-order valence-corrected chi connectivity index (χ4v) is 2.01. The molecule has 2 rings (SSSR count). The van der Waals surface area contributed by atoms with Gasteiger partial charge in [-0.1, -0.05) is 6.07 Å². The Balaban J connectivity index is 2.18. The number of methoxy groups -OCH3 is 1. The van der Waals surface area contributed by atoms with Gasteiger partial charge >= 0.3 is 0 Å². The highest BCUT2D eigenvalue weighted by atomic mass is 16.5. The van der Waals surface area contributed by atoms with E-state index in [9.17, 15) is 5.11 Å². The van der Waals surface area contributed by atoms with Gasteiger partial charge in [0.25, 0.3) is 0 Å². The predicted molar refractivity (Wildman–Crippen MR) is 79.1 cm³/mol. The standard InChI is InChI=1S/C17H17NO3/c1-12-7-13(9-18)3-4-15(12)11-21-17-8-16(20-2)6-5-14(17)10-19/h3-8,19H,10-11H2,1-2H3. The Kier molecular flexibility index (Phi) is 4.81. The molecule has 4 nitrogen and oxygen atoms in total. The summed E-state index contributed by atoms with van der Waals surface area (Å²) in [5, 5.41) is 18.2. The summed E-state index contributed by atoms with van der Waals surface area (Å²) < 4.78 is 11.0. The Bertz CT molecular complexity index is 674. The van der Waals surface area contributed by atoms with Crippen molar-refractivity contribution < 1.29 is 14.6 Å². The minimum absolute atomic E-state index is 0.0916. The molecule has 0 aliphatic heterocycles. The monoisotopic (exact) mass is 283 g/mol. The lowest BCUT2D eigenvalue weighted by atomic mass is 10.1. The van der Waals surface area contributed by atoms with Crippen LogP contribution < -0.4 is 9.47 Å². The van der Waals surface area contributed by atoms with Crippen molar-refractivity contribution in [2.24, 2.45) is 0 Å². The van der Waals surface area contributed by atoms with E-state index >= 15 is 0 Å². The van der Waals surface area contributed by atoms with Crippen LogP contribution in [-0.2, 0) is 13.2 Å². The second kappa shape index (κ2) is 6.78. The van der Waals surface area contributed by atoms with E-state index in [2.05, 4.69) is 6.07 Å². The Morgan fingerprint density at radius 3 is 2.52 bits per heavy atom. The zero-order valence-electron chi connectivity index (χ0n) is 12.1. The maximum Gasteiger partial charge on any atom is 0.129 e. The highest BCUT2D eigenvalue weighted by molar-refractivity contribution is 5.41. The van der Waals surface area contributed by atoms with Crippen LogP contribution in [0.5, 0.6) is 11.5 Å². The van der Waals surface area contributed by atoms with Gasteiger partial charge in [0.15, 0.2) is 0 Å². The van der Waals surface area contributed by atoms with Crippen LogP contribution in [-0.4, -0.2) is 12.2 Å². The molecule has 0 saturated heterocycles. The Hall–Kier alpha value is -2.51. The molecule has 0 aliphatic rings. The van der Waals surface area contributed by atoms with Crippen molar-refractivity contribution in [1.29, 1.82) is 5.26 Å². The van der Waals surface area contributed by atoms with Gasteiger partial charge in [0.2, 0.25) is 0 Å². The highest BCUT2D eigenvalue weighted by Gasteiger charge is 2.07. The van der Waals surface area contributed by atoms with Crippen LogP contribution in [0.15, 0.2) is 36.4 Å². The molecule has 0 atom stereocenters. The molecule has 0 aliphatic carbocycles. The normalized spacial score (nSPS) is 10.0. The average Bonchev–Trinajstić information content (AvgIpc) is 2.53. The van der Waals surface area contributed by atoms with E-state index in [1.807, 2.05) is 19.1 Å². The minimum Gasteiger partial charge on any atom is -0.497 e. The summed E-state index contributed by atoms with van der Waals surface area (Å²) in [7, 11) is 1.59. The van der Waals surface area contributed by atoms with E-state index in [0.717, 1.165) is 11.1 Å². The topological polar surface area (TPSA) is 62.5 Å². The van der Waals surface area contributed by atoms with Crippen LogP contribution in [0, 0.1) is 18.3 Å². The Morgan fingerprint density at radius 1 is 1.14 bits per heavy atom. The van der Waals surface area contributed by atoms with Crippen LogP contribution in [0.2, 0.25) is 0 Å². The number of nitriles is 1. The summed E-state index contributed by atoms with van der Waals surface area (Å²) in [4.78, 5) is 0. The summed E-state index contributed by atoms with van der Waals surface area (Å²) in [6.45, 7) is 2.22. The van der Waals surface area contributed by atoms with Gasteiger partial charge < -0.3 is 14.6 Å². The molecule has 0 spiro atoms. The highest BCUT2D eigenvalue weighted by Crippen LogP contribution is 2.26. The summed E-state index contributed by atoms with van der Waals surface area (Å²) in [6.07, 6.45) is 0. The molecular weight excluding hydrogens is 266 g/mol. The molecule has 2 aromatic carbocycles. The molecule has 0 bridgehead atoms. The van der Waals surface area contributed by atoms with Gasteiger partial charge in [0.1, 0.15) is 18.1 Å². The van der Waals surface area contributed by atoms with Crippen molar-refractivity contribution in [1.82, 2.24) is 0 Å². The van der Waals surface area contributed by atoms with Gasteiger partial charge in [-0.05, 0) is 42.3 Å². The average molecular weight is 283 g/mol. The molecule has 108 valence electrons. The van der Waals surface area contributed by atoms with Crippen molar-refractivity contribution in [3.05, 3.63) is 58.7 Å². The number of aryl methyl sites for hydroxylation is 1. The molecule has 0 aromatic heterocycles. The summed E-state index contributed by atoms with van der Waals surface area (Å²) in [6, 6.07) is 12.9. The van der Waals surface area contributed by atoms with Gasteiger partial charge in [-0.3, -0.25) is 0 Å². The first kappa shape index (κ1) is 14.9. The molecule has 0 unspecified atom stereocenters. The van der Waals surface area contributed by atoms with Crippen molar-refractivity contribution in [2.45, 2.75) is 20.1 Å². The lowest BCUT2D eigenvalue weighted by Crippen LogP contribution is -2.01. The second-order valence-corrected chi connectivity index (χ2v) is 4.67. The van der Waals surface area contributed by atoms with E-state index < -0.39 is 0 Å².